The molecule has 1 saturated carbocycles. The van der Waals surface area contributed by atoms with Crippen LogP contribution in [0.1, 0.15) is 24.0 Å². The first-order valence-corrected chi connectivity index (χ1v) is 11.1. The highest BCUT2D eigenvalue weighted by Gasteiger charge is 2.50. The summed E-state index contributed by atoms with van der Waals surface area (Å²) in [7, 11) is 0. The number of rotatable bonds is 5. The molecule has 2 atom stereocenters. The number of aromatic nitrogens is 1. The Morgan fingerprint density at radius 2 is 1.78 bits per heavy atom. The maximum absolute atomic E-state index is 9.33. The van der Waals surface area contributed by atoms with Gasteiger partial charge in [-0.15, -0.1) is 0 Å². The first-order chi connectivity index (χ1) is 15.8. The van der Waals surface area contributed by atoms with E-state index in [1.165, 1.54) is 12.0 Å². The summed E-state index contributed by atoms with van der Waals surface area (Å²) in [6, 6.07) is 23.4. The lowest BCUT2D eigenvalue weighted by atomic mass is 9.97. The first-order valence-electron chi connectivity index (χ1n) is 11.1. The summed E-state index contributed by atoms with van der Waals surface area (Å²) in [5.74, 6) is 0. The van der Waals surface area contributed by atoms with Crippen LogP contribution in [0.3, 0.4) is 0 Å². The topological polar surface area (TPSA) is 48.7 Å². The summed E-state index contributed by atoms with van der Waals surface area (Å²) >= 11 is 0. The minimum absolute atomic E-state index is 0.276. The number of pyridine rings is 1. The maximum Gasteiger partial charge on any atom is 0.101 e. The largest absolute Gasteiger partial charge is 0.309 e. The first kappa shape index (κ1) is 20.2. The predicted octanol–water partition coefficient (Wildman–Crippen LogP) is 6.21. The molecule has 0 radical (unpaired) electrons. The summed E-state index contributed by atoms with van der Waals surface area (Å²) < 4.78 is 0. The molecule has 5 rings (SSSR count). The minimum atomic E-state index is 0.276. The molecule has 2 aliphatic carbocycles. The predicted molar refractivity (Wildman–Crippen MR) is 130 cm³/mol. The normalized spacial score (nSPS) is 24.2. The highest BCUT2D eigenvalue weighted by atomic mass is 15.0. The summed E-state index contributed by atoms with van der Waals surface area (Å²) in [5, 5.41) is 13.1. The van der Waals surface area contributed by atoms with Gasteiger partial charge in [0.1, 0.15) is 6.07 Å². The summed E-state index contributed by atoms with van der Waals surface area (Å²) in [5.41, 5.74) is 6.10. The highest BCUT2D eigenvalue weighted by molar-refractivity contribution is 5.81. The van der Waals surface area contributed by atoms with Crippen molar-refractivity contribution in [3.8, 4) is 28.5 Å². The molecule has 2 aliphatic rings. The molecule has 3 heteroatoms. The van der Waals surface area contributed by atoms with Gasteiger partial charge in [-0.1, -0.05) is 91.1 Å². The van der Waals surface area contributed by atoms with Crippen LogP contribution in [0.15, 0.2) is 103 Å². The summed E-state index contributed by atoms with van der Waals surface area (Å²) in [4.78, 5) is 4.63. The van der Waals surface area contributed by atoms with Crippen LogP contribution in [0.5, 0.6) is 0 Å². The molecule has 32 heavy (non-hydrogen) atoms. The van der Waals surface area contributed by atoms with E-state index in [2.05, 4.69) is 89.2 Å². The van der Waals surface area contributed by atoms with E-state index in [0.29, 0.717) is 11.6 Å². The van der Waals surface area contributed by atoms with E-state index >= 15 is 0 Å². The average Bonchev–Trinajstić information content (AvgIpc) is 3.54. The lowest BCUT2D eigenvalue weighted by Crippen LogP contribution is -2.21. The Morgan fingerprint density at radius 1 is 0.969 bits per heavy atom. The maximum atomic E-state index is 9.33. The van der Waals surface area contributed by atoms with E-state index < -0.39 is 0 Å². The molecule has 2 aromatic carbocycles. The van der Waals surface area contributed by atoms with Crippen LogP contribution < -0.4 is 5.32 Å². The van der Waals surface area contributed by atoms with Crippen molar-refractivity contribution >= 4 is 0 Å². The Balaban J connectivity index is 1.32. The van der Waals surface area contributed by atoms with Crippen LogP contribution in [0, 0.1) is 16.7 Å². The molecule has 0 bridgehead atoms. The second-order valence-corrected chi connectivity index (χ2v) is 8.54. The number of nitrogens with one attached hydrogen (secondary N) is 1. The van der Waals surface area contributed by atoms with Gasteiger partial charge in [-0.3, -0.25) is 4.98 Å². The van der Waals surface area contributed by atoms with Crippen LogP contribution >= 0.6 is 0 Å². The molecule has 3 nitrogen and oxygen atoms in total. The van der Waals surface area contributed by atoms with Crippen LogP contribution in [-0.4, -0.2) is 11.0 Å². The lowest BCUT2D eigenvalue weighted by molar-refractivity contribution is 0.553. The molecular formula is C29H25N3. The minimum Gasteiger partial charge on any atom is -0.309 e. The molecule has 1 unspecified atom stereocenters. The fourth-order valence-corrected chi connectivity index (χ4v) is 4.43. The zero-order valence-electron chi connectivity index (χ0n) is 17.9. The molecule has 156 valence electrons. The average molecular weight is 416 g/mol. The molecule has 1 N–H and O–H groups in total. The van der Waals surface area contributed by atoms with E-state index in [1.54, 1.807) is 6.20 Å². The van der Waals surface area contributed by atoms with Gasteiger partial charge < -0.3 is 5.32 Å². The SMILES string of the molecule is N#Cc1cnc(-c2ccc(CN[C@H]3CC34/C=C/C=C\C=C/C4)cc2)c(-c2ccccc2)c1. The van der Waals surface area contributed by atoms with Crippen molar-refractivity contribution < 1.29 is 0 Å². The summed E-state index contributed by atoms with van der Waals surface area (Å²) in [6.07, 6.45) is 17.1. The lowest BCUT2D eigenvalue weighted by Gasteiger charge is -2.13. The van der Waals surface area contributed by atoms with Crippen molar-refractivity contribution in [2.45, 2.75) is 25.4 Å². The Bertz CT molecular complexity index is 1230. The van der Waals surface area contributed by atoms with E-state index in [0.717, 1.165) is 35.3 Å². The Hall–Kier alpha value is -3.74. The fraction of sp³-hybridized carbons (Fsp3) is 0.172. The van der Waals surface area contributed by atoms with Gasteiger partial charge in [-0.05, 0) is 30.0 Å². The highest BCUT2D eigenvalue weighted by Crippen LogP contribution is 2.51. The van der Waals surface area contributed by atoms with Gasteiger partial charge in [-0.25, -0.2) is 0 Å². The molecule has 3 aromatic rings. The number of allylic oxidation sites excluding steroid dienone is 5. The second kappa shape index (κ2) is 8.78. The van der Waals surface area contributed by atoms with Crippen molar-refractivity contribution in [1.82, 2.24) is 10.3 Å². The van der Waals surface area contributed by atoms with E-state index in [9.17, 15) is 5.26 Å². The Labute approximate surface area is 189 Å². The standard InChI is InChI=1S/C29H25N3/c30-19-23-17-26(24-9-5-4-6-10-24)28(32-21-23)25-13-11-22(12-14-25)20-31-27-18-29(27)15-7-2-1-3-8-16-29/h1-15,17,21,27,31H,16,18,20H2/b2-1-,8-3-,15-7+/t27-,29?/m0/s1. The second-order valence-electron chi connectivity index (χ2n) is 8.54. The quantitative estimate of drug-likeness (QED) is 0.539. The van der Waals surface area contributed by atoms with Gasteiger partial charge in [0.05, 0.1) is 11.3 Å². The third kappa shape index (κ3) is 4.19. The zero-order chi connectivity index (χ0) is 21.8. The Morgan fingerprint density at radius 3 is 2.59 bits per heavy atom. The van der Waals surface area contributed by atoms with Crippen molar-refractivity contribution in [3.63, 3.8) is 0 Å². The van der Waals surface area contributed by atoms with E-state index in [-0.39, 0.29) is 5.41 Å². The third-order valence-electron chi connectivity index (χ3n) is 6.40. The smallest absolute Gasteiger partial charge is 0.101 e. The van der Waals surface area contributed by atoms with Gasteiger partial charge in [0, 0.05) is 35.3 Å². The molecule has 1 spiro atoms. The molecule has 1 aromatic heterocycles. The van der Waals surface area contributed by atoms with Crippen LogP contribution in [0.2, 0.25) is 0 Å². The van der Waals surface area contributed by atoms with Crippen LogP contribution in [-0.2, 0) is 6.54 Å². The molecule has 0 aliphatic heterocycles. The number of hydrogen-bond donors (Lipinski definition) is 1. The van der Waals surface area contributed by atoms with Crippen molar-refractivity contribution in [2.24, 2.45) is 5.41 Å². The molecule has 1 fully saturated rings. The van der Waals surface area contributed by atoms with Crippen LogP contribution in [0.25, 0.3) is 22.4 Å². The Kier molecular flexibility index (Phi) is 5.54. The van der Waals surface area contributed by atoms with Crippen LogP contribution in [0.4, 0.5) is 0 Å². The van der Waals surface area contributed by atoms with E-state index in [4.69, 9.17) is 0 Å². The van der Waals surface area contributed by atoms with Crippen molar-refractivity contribution in [1.29, 1.82) is 5.26 Å². The van der Waals surface area contributed by atoms with Gasteiger partial charge >= 0.3 is 0 Å². The molecule has 1 heterocycles. The molecule has 0 amide bonds. The number of hydrogen-bond acceptors (Lipinski definition) is 3. The van der Waals surface area contributed by atoms with Gasteiger partial charge in [0.25, 0.3) is 0 Å². The van der Waals surface area contributed by atoms with E-state index in [1.807, 2.05) is 24.3 Å². The molecule has 0 saturated heterocycles. The van der Waals surface area contributed by atoms with Gasteiger partial charge in [0.15, 0.2) is 0 Å². The molecular weight excluding hydrogens is 390 g/mol. The van der Waals surface area contributed by atoms with Crippen molar-refractivity contribution in [2.75, 3.05) is 0 Å². The van der Waals surface area contributed by atoms with Gasteiger partial charge in [-0.2, -0.15) is 5.26 Å². The van der Waals surface area contributed by atoms with Gasteiger partial charge in [0.2, 0.25) is 0 Å². The zero-order valence-corrected chi connectivity index (χ0v) is 17.9. The number of benzene rings is 2. The number of nitrogens with zero attached hydrogens (tertiary/aromatic N) is 2. The third-order valence-corrected chi connectivity index (χ3v) is 6.40. The van der Waals surface area contributed by atoms with Crippen molar-refractivity contribution in [3.05, 3.63) is 114 Å². The monoisotopic (exact) mass is 415 g/mol. The fourth-order valence-electron chi connectivity index (χ4n) is 4.43. The number of nitriles is 1. The summed E-state index contributed by atoms with van der Waals surface area (Å²) in [6.45, 7) is 0.854.